The summed E-state index contributed by atoms with van der Waals surface area (Å²) < 4.78 is 55.2. The number of sulfonamides is 1. The van der Waals surface area contributed by atoms with Crippen molar-refractivity contribution in [2.24, 2.45) is 5.10 Å². The van der Waals surface area contributed by atoms with Gasteiger partial charge in [-0.05, 0) is 73.0 Å². The third-order valence-corrected chi connectivity index (χ3v) is 8.50. The summed E-state index contributed by atoms with van der Waals surface area (Å²) in [5.74, 6) is -1.40. The molecule has 0 aliphatic rings. The number of hydrazone groups is 1. The molecule has 0 saturated carbocycles. The van der Waals surface area contributed by atoms with Crippen molar-refractivity contribution in [1.82, 2.24) is 9.29 Å². The Hall–Kier alpha value is -3.54. The van der Waals surface area contributed by atoms with Crippen LogP contribution >= 0.6 is 11.3 Å². The lowest BCUT2D eigenvalue weighted by molar-refractivity contribution is 0.0987. The molecular weight excluding hydrogens is 530 g/mol. The molecule has 1 heterocycles. The summed E-state index contributed by atoms with van der Waals surface area (Å²) in [6.07, 6.45) is 2.75. The van der Waals surface area contributed by atoms with Crippen molar-refractivity contribution in [1.29, 1.82) is 0 Å². The maximum Gasteiger partial charge on any atom is 0.280 e. The Bertz CT molecular complexity index is 1550. The van der Waals surface area contributed by atoms with Gasteiger partial charge >= 0.3 is 0 Å². The first kappa shape index (κ1) is 27.5. The van der Waals surface area contributed by atoms with Crippen LogP contribution < -0.4 is 5.01 Å². The summed E-state index contributed by atoms with van der Waals surface area (Å²) in [6.45, 7) is 4.64. The summed E-state index contributed by atoms with van der Waals surface area (Å²) in [7, 11) is -3.71. The number of nitrogens with zero attached hydrogens (tertiary/aromatic N) is 4. The lowest BCUT2D eigenvalue weighted by atomic mass is 10.2. The normalized spacial score (nSPS) is 12.0. The number of benzene rings is 3. The van der Waals surface area contributed by atoms with Crippen LogP contribution in [0.1, 0.15) is 42.6 Å². The van der Waals surface area contributed by atoms with Gasteiger partial charge in [0.2, 0.25) is 15.2 Å². The van der Waals surface area contributed by atoms with Gasteiger partial charge in [-0.2, -0.15) is 14.4 Å². The number of fused-ring (bicyclic) bond motifs is 1. The molecule has 4 aromatic rings. The van der Waals surface area contributed by atoms with E-state index >= 15 is 0 Å². The molecule has 7 nitrogen and oxygen atoms in total. The third kappa shape index (κ3) is 6.12. The highest BCUT2D eigenvalue weighted by Gasteiger charge is 2.25. The van der Waals surface area contributed by atoms with Gasteiger partial charge in [0.25, 0.3) is 5.91 Å². The fraction of sp³-hybridized carbons (Fsp3) is 0.222. The number of rotatable bonds is 10. The van der Waals surface area contributed by atoms with E-state index in [4.69, 9.17) is 0 Å². The van der Waals surface area contributed by atoms with E-state index in [9.17, 15) is 22.0 Å². The minimum absolute atomic E-state index is 0.0905. The minimum Gasteiger partial charge on any atom is -0.267 e. The summed E-state index contributed by atoms with van der Waals surface area (Å²) in [5.41, 5.74) is 1.22. The van der Waals surface area contributed by atoms with Crippen LogP contribution in [0.3, 0.4) is 0 Å². The van der Waals surface area contributed by atoms with E-state index in [0.717, 1.165) is 16.3 Å². The maximum absolute atomic E-state index is 13.7. The highest BCUT2D eigenvalue weighted by molar-refractivity contribution is 7.89. The molecule has 3 aromatic carbocycles. The molecule has 0 saturated heterocycles. The first-order valence-electron chi connectivity index (χ1n) is 12.0. The number of carbonyl (C=O) groups is 1. The summed E-state index contributed by atoms with van der Waals surface area (Å²) in [6, 6.07) is 15.3. The molecule has 0 atom stereocenters. The highest BCUT2D eigenvalue weighted by Crippen LogP contribution is 2.31. The molecule has 0 radical (unpaired) electrons. The molecule has 0 fully saturated rings. The van der Waals surface area contributed by atoms with Crippen LogP contribution in [0, 0.1) is 11.6 Å². The van der Waals surface area contributed by atoms with Gasteiger partial charge in [0.05, 0.1) is 21.3 Å². The van der Waals surface area contributed by atoms with Gasteiger partial charge in [0, 0.05) is 18.7 Å². The van der Waals surface area contributed by atoms with Crippen molar-refractivity contribution in [3.05, 3.63) is 89.5 Å². The average molecular weight is 557 g/mol. The largest absolute Gasteiger partial charge is 0.280 e. The van der Waals surface area contributed by atoms with Crippen molar-refractivity contribution in [2.45, 2.75) is 31.6 Å². The third-order valence-electron chi connectivity index (χ3n) is 5.59. The standard InChI is InChI=1S/C27H26F2N4O3S2/c1-3-15-32(16-4-2)38(35,36)23-12-7-20(8-13-23)26(34)33(30-18-19-5-9-21(28)10-6-19)27-31-24-14-11-22(29)17-25(24)37-27/h5-14,17-18H,3-4,15-16H2,1-2H3/b30-18+. The van der Waals surface area contributed by atoms with E-state index < -0.39 is 27.6 Å². The van der Waals surface area contributed by atoms with E-state index in [0.29, 0.717) is 41.7 Å². The molecule has 0 aliphatic heterocycles. The first-order valence-corrected chi connectivity index (χ1v) is 14.3. The predicted molar refractivity (Wildman–Crippen MR) is 146 cm³/mol. The lowest BCUT2D eigenvalue weighted by Gasteiger charge is -2.21. The molecule has 0 bridgehead atoms. The molecule has 11 heteroatoms. The molecule has 0 spiro atoms. The monoisotopic (exact) mass is 556 g/mol. The predicted octanol–water partition coefficient (Wildman–Crippen LogP) is 6.07. The van der Waals surface area contributed by atoms with E-state index in [1.807, 2.05) is 13.8 Å². The van der Waals surface area contributed by atoms with Crippen LogP contribution in [0.2, 0.25) is 0 Å². The Kier molecular flexibility index (Phi) is 8.60. The number of hydrogen-bond acceptors (Lipinski definition) is 6. The van der Waals surface area contributed by atoms with Gasteiger partial charge in [-0.1, -0.05) is 37.3 Å². The second kappa shape index (κ2) is 11.9. The fourth-order valence-electron chi connectivity index (χ4n) is 3.73. The Morgan fingerprint density at radius 2 is 1.58 bits per heavy atom. The second-order valence-corrected chi connectivity index (χ2v) is 11.4. The maximum atomic E-state index is 13.7. The molecule has 1 aromatic heterocycles. The number of halogens is 2. The molecule has 1 amide bonds. The fourth-order valence-corrected chi connectivity index (χ4v) is 6.30. The Morgan fingerprint density at radius 1 is 0.947 bits per heavy atom. The minimum atomic E-state index is -3.71. The summed E-state index contributed by atoms with van der Waals surface area (Å²) >= 11 is 1.08. The van der Waals surface area contributed by atoms with Gasteiger partial charge in [-0.3, -0.25) is 4.79 Å². The van der Waals surface area contributed by atoms with E-state index in [1.165, 1.54) is 77.2 Å². The zero-order valence-electron chi connectivity index (χ0n) is 20.8. The van der Waals surface area contributed by atoms with Crippen molar-refractivity contribution in [2.75, 3.05) is 18.1 Å². The van der Waals surface area contributed by atoms with Gasteiger partial charge in [0.15, 0.2) is 0 Å². The number of amides is 1. The first-order chi connectivity index (χ1) is 18.2. The van der Waals surface area contributed by atoms with Crippen LogP contribution in [0.5, 0.6) is 0 Å². The summed E-state index contributed by atoms with van der Waals surface area (Å²) in [5, 5.41) is 5.56. The Balaban J connectivity index is 1.69. The topological polar surface area (TPSA) is 82.9 Å². The smallest absolute Gasteiger partial charge is 0.267 e. The van der Waals surface area contributed by atoms with Gasteiger partial charge in [-0.15, -0.1) is 0 Å². The number of carbonyl (C=O) groups excluding carboxylic acids is 1. The van der Waals surface area contributed by atoms with Crippen LogP contribution in [-0.2, 0) is 10.0 Å². The molecular formula is C27H26F2N4O3S2. The van der Waals surface area contributed by atoms with Crippen LogP contribution in [0.25, 0.3) is 10.2 Å². The number of thiazole rings is 1. The highest BCUT2D eigenvalue weighted by atomic mass is 32.2. The zero-order chi connectivity index (χ0) is 27.3. The van der Waals surface area contributed by atoms with Crippen molar-refractivity contribution >= 4 is 48.8 Å². The molecule has 0 unspecified atom stereocenters. The van der Waals surface area contributed by atoms with E-state index in [2.05, 4.69) is 10.1 Å². The average Bonchev–Trinajstić information content (AvgIpc) is 3.32. The number of hydrogen-bond donors (Lipinski definition) is 0. The molecule has 0 N–H and O–H groups in total. The zero-order valence-corrected chi connectivity index (χ0v) is 22.5. The Morgan fingerprint density at radius 3 is 2.21 bits per heavy atom. The SMILES string of the molecule is CCCN(CCC)S(=O)(=O)c1ccc(C(=O)N(/N=C/c2ccc(F)cc2)c2nc3ccc(F)cc3s2)cc1. The quantitative estimate of drug-likeness (QED) is 0.175. The summed E-state index contributed by atoms with van der Waals surface area (Å²) in [4.78, 5) is 18.1. The molecule has 198 valence electrons. The van der Waals surface area contributed by atoms with Gasteiger partial charge in [-0.25, -0.2) is 22.2 Å². The van der Waals surface area contributed by atoms with Crippen LogP contribution in [0.4, 0.5) is 13.9 Å². The van der Waals surface area contributed by atoms with Crippen LogP contribution in [0.15, 0.2) is 76.7 Å². The second-order valence-electron chi connectivity index (χ2n) is 8.45. The van der Waals surface area contributed by atoms with Gasteiger partial charge in [0.1, 0.15) is 11.6 Å². The van der Waals surface area contributed by atoms with E-state index in [-0.39, 0.29) is 15.6 Å². The molecule has 38 heavy (non-hydrogen) atoms. The number of anilines is 1. The van der Waals surface area contributed by atoms with Crippen molar-refractivity contribution < 1.29 is 22.0 Å². The molecule has 0 aliphatic carbocycles. The lowest BCUT2D eigenvalue weighted by Crippen LogP contribution is -2.32. The van der Waals surface area contributed by atoms with Crippen molar-refractivity contribution in [3.8, 4) is 0 Å². The number of aromatic nitrogens is 1. The van der Waals surface area contributed by atoms with Crippen molar-refractivity contribution in [3.63, 3.8) is 0 Å². The Labute approximate surface area is 224 Å². The molecule has 4 rings (SSSR count). The van der Waals surface area contributed by atoms with E-state index in [1.54, 1.807) is 0 Å². The van der Waals surface area contributed by atoms with Gasteiger partial charge < -0.3 is 0 Å². The van der Waals surface area contributed by atoms with Crippen LogP contribution in [-0.4, -0.2) is 42.9 Å².